The van der Waals surface area contributed by atoms with Gasteiger partial charge in [-0.2, -0.15) is 0 Å². The molecular weight excluding hydrogens is 469 g/mol. The smallest absolute Gasteiger partial charge is 0.211 e. The molecule has 5 nitrogen and oxygen atoms in total. The second kappa shape index (κ2) is 7.38. The van der Waals surface area contributed by atoms with Crippen LogP contribution in [0.15, 0.2) is 39.0 Å². The van der Waals surface area contributed by atoms with Crippen molar-refractivity contribution in [1.82, 2.24) is 4.13 Å². The maximum absolute atomic E-state index is 12.1. The van der Waals surface area contributed by atoms with Gasteiger partial charge in [-0.05, 0) is 46.1 Å². The second-order valence-electron chi connectivity index (χ2n) is 4.47. The van der Waals surface area contributed by atoms with Crippen LogP contribution in [0.4, 0.5) is 0 Å². The van der Waals surface area contributed by atoms with Crippen LogP contribution in [0, 0.1) is 0 Å². The second-order valence-corrected chi connectivity index (χ2v) is 11.4. The fourth-order valence-electron chi connectivity index (χ4n) is 1.65. The Hall–Kier alpha value is -0.160. The minimum Gasteiger partial charge on any atom is -0.211 e. The number of nitrogens with one attached hydrogen (secondary N) is 1. The summed E-state index contributed by atoms with van der Waals surface area (Å²) in [6, 6.07) is 7.95. The van der Waals surface area contributed by atoms with Gasteiger partial charge in [0.05, 0.1) is 5.75 Å². The Morgan fingerprint density at radius 3 is 2.39 bits per heavy atom. The molecular formula is C12H10BrCl2NO4S3. The van der Waals surface area contributed by atoms with Crippen LogP contribution in [0.3, 0.4) is 0 Å². The monoisotopic (exact) mass is 477 g/mol. The minimum atomic E-state index is -4.19. The van der Waals surface area contributed by atoms with Crippen molar-refractivity contribution in [2.45, 2.75) is 10.6 Å². The molecule has 2 rings (SSSR count). The summed E-state index contributed by atoms with van der Waals surface area (Å²) in [4.78, 5) is 0. The van der Waals surface area contributed by atoms with E-state index in [0.29, 0.717) is 15.1 Å². The highest BCUT2D eigenvalue weighted by atomic mass is 79.9. The quantitative estimate of drug-likeness (QED) is 0.686. The fraction of sp³-hybridized carbons (Fsp3) is 0.167. The number of hydrogen-bond acceptors (Lipinski definition) is 5. The lowest BCUT2D eigenvalue weighted by Gasteiger charge is -2.07. The summed E-state index contributed by atoms with van der Waals surface area (Å²) in [6.45, 7) is 0. The van der Waals surface area contributed by atoms with E-state index in [0.717, 1.165) is 11.3 Å². The average Bonchev–Trinajstić information content (AvgIpc) is 2.77. The molecule has 0 amide bonds. The number of hydrogen-bond donors (Lipinski definition) is 1. The van der Waals surface area contributed by atoms with Crippen molar-refractivity contribution < 1.29 is 16.8 Å². The van der Waals surface area contributed by atoms with E-state index in [1.807, 2.05) is 0 Å². The lowest BCUT2D eigenvalue weighted by molar-refractivity contribution is 0.577. The largest absolute Gasteiger partial charge is 0.263 e. The molecule has 0 atom stereocenters. The Morgan fingerprint density at radius 2 is 1.83 bits per heavy atom. The van der Waals surface area contributed by atoms with Gasteiger partial charge in [-0.3, -0.25) is 0 Å². The van der Waals surface area contributed by atoms with Crippen LogP contribution in [0.2, 0.25) is 9.36 Å². The highest BCUT2D eigenvalue weighted by Gasteiger charge is 2.25. The van der Waals surface area contributed by atoms with Gasteiger partial charge in [0.15, 0.2) is 0 Å². The molecule has 126 valence electrons. The topological polar surface area (TPSA) is 80.3 Å². The summed E-state index contributed by atoms with van der Waals surface area (Å²) < 4.78 is 50.4. The first-order chi connectivity index (χ1) is 10.6. The van der Waals surface area contributed by atoms with Gasteiger partial charge in [-0.25, -0.2) is 16.8 Å². The third kappa shape index (κ3) is 5.42. The minimum absolute atomic E-state index is 0.139. The van der Waals surface area contributed by atoms with E-state index < -0.39 is 20.0 Å². The maximum atomic E-state index is 12.1. The Morgan fingerprint density at radius 1 is 1.13 bits per heavy atom. The predicted octanol–water partition coefficient (Wildman–Crippen LogP) is 3.67. The molecule has 0 unspecified atom stereocenters. The number of thiophene rings is 1. The van der Waals surface area contributed by atoms with Gasteiger partial charge < -0.3 is 0 Å². The molecule has 0 radical (unpaired) electrons. The zero-order valence-corrected chi connectivity index (χ0v) is 16.8. The molecule has 0 saturated carbocycles. The highest BCUT2D eigenvalue weighted by molar-refractivity contribution is 9.10. The number of halogens is 3. The third-order valence-electron chi connectivity index (χ3n) is 2.67. The van der Waals surface area contributed by atoms with Crippen LogP contribution in [-0.4, -0.2) is 22.6 Å². The van der Waals surface area contributed by atoms with Crippen molar-refractivity contribution in [3.63, 3.8) is 0 Å². The normalized spacial score (nSPS) is 12.5. The SMILES string of the molecule is O=S(=O)(CCc1cccc(Cl)c1)NS(=O)(=O)c1cc(Br)c(Cl)s1. The van der Waals surface area contributed by atoms with Gasteiger partial charge in [-0.1, -0.05) is 35.3 Å². The van der Waals surface area contributed by atoms with Crippen molar-refractivity contribution >= 4 is 70.5 Å². The van der Waals surface area contributed by atoms with E-state index in [-0.39, 0.29) is 20.7 Å². The fourth-order valence-corrected chi connectivity index (χ4v) is 7.36. The molecule has 23 heavy (non-hydrogen) atoms. The van der Waals surface area contributed by atoms with Crippen molar-refractivity contribution in [2.24, 2.45) is 0 Å². The van der Waals surface area contributed by atoms with E-state index in [1.165, 1.54) is 6.07 Å². The molecule has 0 aliphatic heterocycles. The number of benzene rings is 1. The Labute approximate surface area is 156 Å². The summed E-state index contributed by atoms with van der Waals surface area (Å²) in [5.74, 6) is -0.382. The lowest BCUT2D eigenvalue weighted by Crippen LogP contribution is -2.32. The van der Waals surface area contributed by atoms with Crippen molar-refractivity contribution in [1.29, 1.82) is 0 Å². The van der Waals surface area contributed by atoms with Gasteiger partial charge in [0.1, 0.15) is 8.55 Å². The van der Waals surface area contributed by atoms with Crippen LogP contribution in [0.1, 0.15) is 5.56 Å². The van der Waals surface area contributed by atoms with Crippen LogP contribution in [0.25, 0.3) is 0 Å². The lowest BCUT2D eigenvalue weighted by atomic mass is 10.2. The van der Waals surface area contributed by atoms with Crippen LogP contribution in [0.5, 0.6) is 0 Å². The van der Waals surface area contributed by atoms with E-state index in [2.05, 4.69) is 15.9 Å². The molecule has 2 aromatic rings. The molecule has 0 aliphatic carbocycles. The summed E-state index contributed by atoms with van der Waals surface area (Å²) >= 11 is 15.4. The Balaban J connectivity index is 2.11. The van der Waals surface area contributed by atoms with Gasteiger partial charge in [-0.15, -0.1) is 15.5 Å². The van der Waals surface area contributed by atoms with Crippen molar-refractivity contribution in [3.8, 4) is 0 Å². The molecule has 1 aromatic heterocycles. The highest BCUT2D eigenvalue weighted by Crippen LogP contribution is 2.34. The molecule has 0 aliphatic rings. The summed E-state index contributed by atoms with van der Waals surface area (Å²) in [6.07, 6.45) is 0.139. The Kier molecular flexibility index (Phi) is 6.15. The number of aryl methyl sites for hydroxylation is 1. The molecule has 1 heterocycles. The predicted molar refractivity (Wildman–Crippen MR) is 96.3 cm³/mol. The molecule has 0 fully saturated rings. The van der Waals surface area contributed by atoms with Crippen molar-refractivity contribution in [2.75, 3.05) is 5.75 Å². The Bertz CT molecular complexity index is 906. The average molecular weight is 479 g/mol. The first-order valence-electron chi connectivity index (χ1n) is 6.05. The van der Waals surface area contributed by atoms with E-state index in [1.54, 1.807) is 28.4 Å². The summed E-state index contributed by atoms with van der Waals surface area (Å²) in [7, 11) is -8.23. The van der Waals surface area contributed by atoms with Gasteiger partial charge in [0, 0.05) is 9.50 Å². The van der Waals surface area contributed by atoms with E-state index in [4.69, 9.17) is 23.2 Å². The molecule has 0 spiro atoms. The molecule has 0 bridgehead atoms. The number of sulfonamides is 2. The molecule has 1 aromatic carbocycles. The van der Waals surface area contributed by atoms with Crippen molar-refractivity contribution in [3.05, 3.63) is 49.7 Å². The first-order valence-corrected chi connectivity index (χ1v) is 11.5. The maximum Gasteiger partial charge on any atom is 0.263 e. The first kappa shape index (κ1) is 19.2. The van der Waals surface area contributed by atoms with Gasteiger partial charge in [0.25, 0.3) is 10.0 Å². The zero-order chi connectivity index (χ0) is 17.3. The summed E-state index contributed by atoms with van der Waals surface area (Å²) in [5, 5.41) is 0.485. The van der Waals surface area contributed by atoms with Crippen LogP contribution < -0.4 is 4.13 Å². The van der Waals surface area contributed by atoms with Crippen LogP contribution >= 0.6 is 50.5 Å². The standard InChI is InChI=1S/C12H10BrCl2NO4S3/c13-10-7-11(21-12(10)15)23(19,20)16-22(17,18)5-4-8-2-1-3-9(14)6-8/h1-3,6-7,16H,4-5H2. The van der Waals surface area contributed by atoms with Gasteiger partial charge >= 0.3 is 0 Å². The van der Waals surface area contributed by atoms with Crippen LogP contribution in [-0.2, 0) is 26.5 Å². The van der Waals surface area contributed by atoms with E-state index in [9.17, 15) is 16.8 Å². The molecule has 11 heteroatoms. The molecule has 1 N–H and O–H groups in total. The van der Waals surface area contributed by atoms with E-state index >= 15 is 0 Å². The zero-order valence-electron chi connectivity index (χ0n) is 11.3. The molecule has 0 saturated heterocycles. The third-order valence-corrected chi connectivity index (χ3v) is 9.37. The summed E-state index contributed by atoms with van der Waals surface area (Å²) in [5.41, 5.74) is 0.696. The number of rotatable bonds is 6. The van der Waals surface area contributed by atoms with Gasteiger partial charge in [0.2, 0.25) is 10.0 Å².